The Kier molecular flexibility index (Phi) is 4.85. The van der Waals surface area contributed by atoms with Gasteiger partial charge < -0.3 is 11.1 Å². The fraction of sp³-hybridized carbons (Fsp3) is 0.150. The number of aryl methyl sites for hydroxylation is 1. The lowest BCUT2D eigenvalue weighted by Crippen LogP contribution is -2.33. The maximum absolute atomic E-state index is 12.5. The van der Waals surface area contributed by atoms with Crippen LogP contribution in [0.3, 0.4) is 0 Å². The van der Waals surface area contributed by atoms with Crippen molar-refractivity contribution in [3.05, 3.63) is 75.8 Å². The fourth-order valence-electron chi connectivity index (χ4n) is 3.27. The average Bonchev–Trinajstić information content (AvgIpc) is 2.99. The van der Waals surface area contributed by atoms with Gasteiger partial charge in [0.15, 0.2) is 5.82 Å². The fourth-order valence-corrected chi connectivity index (χ4v) is 3.50. The number of aliphatic imine (C=N–C) groups is 1. The summed E-state index contributed by atoms with van der Waals surface area (Å²) in [4.78, 5) is 28.2. The molecular formula is C20H17ClN6O2. The minimum Gasteiger partial charge on any atom is -0.368 e. The number of nitrogens with one attached hydrogen (secondary N) is 1. The monoisotopic (exact) mass is 408 g/mol. The Morgan fingerprint density at radius 3 is 2.72 bits per heavy atom. The summed E-state index contributed by atoms with van der Waals surface area (Å²) in [6.07, 6.45) is 0. The molecule has 0 fully saturated rings. The highest BCUT2D eigenvalue weighted by molar-refractivity contribution is 6.35. The van der Waals surface area contributed by atoms with Crippen LogP contribution in [0.2, 0.25) is 5.02 Å². The van der Waals surface area contributed by atoms with Gasteiger partial charge in [0.05, 0.1) is 17.9 Å². The van der Waals surface area contributed by atoms with Gasteiger partial charge in [0.1, 0.15) is 12.4 Å². The molecule has 0 spiro atoms. The molecule has 1 aliphatic heterocycles. The third-order valence-corrected chi connectivity index (χ3v) is 4.91. The lowest BCUT2D eigenvalue weighted by Gasteiger charge is -2.15. The molecule has 0 atom stereocenters. The number of rotatable bonds is 4. The van der Waals surface area contributed by atoms with Crippen molar-refractivity contribution in [3.63, 3.8) is 0 Å². The molecule has 1 aromatic heterocycles. The van der Waals surface area contributed by atoms with Gasteiger partial charge in [-0.25, -0.2) is 0 Å². The molecule has 4 rings (SSSR count). The average molecular weight is 409 g/mol. The second kappa shape index (κ2) is 7.48. The molecule has 2 aromatic carbocycles. The zero-order valence-corrected chi connectivity index (χ0v) is 16.3. The van der Waals surface area contributed by atoms with E-state index in [9.17, 15) is 9.59 Å². The number of carbonyl (C=O) groups is 2. The van der Waals surface area contributed by atoms with Gasteiger partial charge in [0.25, 0.3) is 5.91 Å². The topological polar surface area (TPSA) is 115 Å². The normalized spacial score (nSPS) is 12.4. The van der Waals surface area contributed by atoms with Crippen molar-refractivity contribution in [3.8, 4) is 5.69 Å². The van der Waals surface area contributed by atoms with E-state index in [-0.39, 0.29) is 6.54 Å². The number of fused-ring (bicyclic) bond motifs is 3. The van der Waals surface area contributed by atoms with E-state index in [0.717, 1.165) is 11.3 Å². The van der Waals surface area contributed by atoms with Crippen LogP contribution in [0.25, 0.3) is 5.69 Å². The quantitative estimate of drug-likeness (QED) is 0.684. The lowest BCUT2D eigenvalue weighted by atomic mass is 9.98. The standard InChI is InChI=1S/C20H17ClN6O2/c1-11-25-26-18-10-23-19(13-4-2-3-5-15(13)21)14-8-12(6-7-16(14)27(11)18)20(29)24-9-17(22)28/h2-8H,9-10H2,1H3,(H2,22,28)(H,24,29). The highest BCUT2D eigenvalue weighted by atomic mass is 35.5. The van der Waals surface area contributed by atoms with Crippen LogP contribution < -0.4 is 11.1 Å². The van der Waals surface area contributed by atoms with Crippen molar-refractivity contribution < 1.29 is 9.59 Å². The van der Waals surface area contributed by atoms with Gasteiger partial charge in [-0.3, -0.25) is 19.1 Å². The van der Waals surface area contributed by atoms with Gasteiger partial charge in [-0.2, -0.15) is 0 Å². The molecule has 2 heterocycles. The number of nitrogens with zero attached hydrogens (tertiary/aromatic N) is 4. The van der Waals surface area contributed by atoms with Crippen LogP contribution in [0, 0.1) is 6.92 Å². The van der Waals surface area contributed by atoms with E-state index in [1.807, 2.05) is 35.8 Å². The maximum Gasteiger partial charge on any atom is 0.251 e. The predicted molar refractivity (Wildman–Crippen MR) is 108 cm³/mol. The first-order chi connectivity index (χ1) is 14.0. The van der Waals surface area contributed by atoms with Crippen molar-refractivity contribution in [1.29, 1.82) is 0 Å². The van der Waals surface area contributed by atoms with Crippen LogP contribution in [-0.4, -0.2) is 38.8 Å². The number of aromatic nitrogens is 3. The van der Waals surface area contributed by atoms with E-state index in [1.54, 1.807) is 18.2 Å². The second-order valence-electron chi connectivity index (χ2n) is 6.52. The van der Waals surface area contributed by atoms with Crippen LogP contribution >= 0.6 is 11.6 Å². The van der Waals surface area contributed by atoms with E-state index < -0.39 is 11.8 Å². The summed E-state index contributed by atoms with van der Waals surface area (Å²) < 4.78 is 1.91. The minimum absolute atomic E-state index is 0.240. The Morgan fingerprint density at radius 2 is 1.97 bits per heavy atom. The molecule has 1 aliphatic rings. The Labute approximate surface area is 171 Å². The molecule has 0 saturated carbocycles. The van der Waals surface area contributed by atoms with Crippen LogP contribution in [0.4, 0.5) is 0 Å². The Balaban J connectivity index is 1.88. The van der Waals surface area contributed by atoms with Crippen LogP contribution in [-0.2, 0) is 11.3 Å². The van der Waals surface area contributed by atoms with Gasteiger partial charge in [0.2, 0.25) is 5.91 Å². The number of hydrogen-bond acceptors (Lipinski definition) is 5. The number of hydrogen-bond donors (Lipinski definition) is 2. The largest absolute Gasteiger partial charge is 0.368 e. The molecule has 0 aliphatic carbocycles. The SMILES string of the molecule is Cc1nnc2n1-c1ccc(C(=O)NCC(N)=O)cc1C(c1ccccc1Cl)=NC2. The molecule has 8 nitrogen and oxygen atoms in total. The lowest BCUT2D eigenvalue weighted by molar-refractivity contribution is -0.117. The Bertz CT molecular complexity index is 1170. The third kappa shape index (κ3) is 3.50. The van der Waals surface area contributed by atoms with Crippen LogP contribution in [0.15, 0.2) is 47.5 Å². The summed E-state index contributed by atoms with van der Waals surface area (Å²) in [5, 5.41) is 11.4. The zero-order chi connectivity index (χ0) is 20.5. The first-order valence-electron chi connectivity index (χ1n) is 8.87. The summed E-state index contributed by atoms with van der Waals surface area (Å²) >= 11 is 6.43. The molecule has 3 N–H and O–H groups in total. The third-order valence-electron chi connectivity index (χ3n) is 4.58. The highest BCUT2D eigenvalue weighted by Crippen LogP contribution is 2.29. The van der Waals surface area contributed by atoms with Crippen molar-refractivity contribution in [2.45, 2.75) is 13.5 Å². The summed E-state index contributed by atoms with van der Waals surface area (Å²) in [6.45, 7) is 1.93. The summed E-state index contributed by atoms with van der Waals surface area (Å²) in [5.41, 5.74) is 8.41. The Hall–Kier alpha value is -3.52. The molecule has 0 bridgehead atoms. The summed E-state index contributed by atoms with van der Waals surface area (Å²) in [6, 6.07) is 12.6. The maximum atomic E-state index is 12.5. The smallest absolute Gasteiger partial charge is 0.251 e. The van der Waals surface area contributed by atoms with E-state index in [2.05, 4.69) is 15.5 Å². The van der Waals surface area contributed by atoms with E-state index in [0.29, 0.717) is 40.1 Å². The number of benzene rings is 2. The van der Waals surface area contributed by atoms with Crippen molar-refractivity contribution in [2.75, 3.05) is 6.54 Å². The molecule has 9 heteroatoms. The van der Waals surface area contributed by atoms with E-state index in [1.165, 1.54) is 0 Å². The first kappa shape index (κ1) is 18.8. The molecular weight excluding hydrogens is 392 g/mol. The highest BCUT2D eigenvalue weighted by Gasteiger charge is 2.24. The van der Waals surface area contributed by atoms with Gasteiger partial charge in [-0.15, -0.1) is 10.2 Å². The molecule has 29 heavy (non-hydrogen) atoms. The molecule has 0 unspecified atom stereocenters. The molecule has 2 amide bonds. The van der Waals surface area contributed by atoms with Crippen molar-refractivity contribution >= 4 is 29.1 Å². The predicted octanol–water partition coefficient (Wildman–Crippen LogP) is 1.80. The summed E-state index contributed by atoms with van der Waals surface area (Å²) in [7, 11) is 0. The molecule has 3 aromatic rings. The molecule has 146 valence electrons. The zero-order valence-electron chi connectivity index (χ0n) is 15.5. The van der Waals surface area contributed by atoms with Gasteiger partial charge in [0, 0.05) is 21.7 Å². The number of halogens is 1. The Morgan fingerprint density at radius 1 is 1.17 bits per heavy atom. The van der Waals surface area contributed by atoms with Gasteiger partial charge in [-0.05, 0) is 31.2 Å². The minimum atomic E-state index is -0.615. The van der Waals surface area contributed by atoms with Crippen molar-refractivity contribution in [1.82, 2.24) is 20.1 Å². The first-order valence-corrected chi connectivity index (χ1v) is 9.25. The van der Waals surface area contributed by atoms with E-state index in [4.69, 9.17) is 22.3 Å². The number of amides is 2. The summed E-state index contributed by atoms with van der Waals surface area (Å²) in [5.74, 6) is 0.380. The number of nitrogens with two attached hydrogens (primary N) is 1. The van der Waals surface area contributed by atoms with Crippen LogP contribution in [0.5, 0.6) is 0 Å². The van der Waals surface area contributed by atoms with Crippen LogP contribution in [0.1, 0.15) is 33.1 Å². The molecule has 0 saturated heterocycles. The van der Waals surface area contributed by atoms with Crippen molar-refractivity contribution in [2.24, 2.45) is 10.7 Å². The number of primary amides is 1. The molecule has 0 radical (unpaired) electrons. The number of carbonyl (C=O) groups excluding carboxylic acids is 2. The van der Waals surface area contributed by atoms with Gasteiger partial charge in [-0.1, -0.05) is 29.8 Å². The second-order valence-corrected chi connectivity index (χ2v) is 6.93. The van der Waals surface area contributed by atoms with E-state index >= 15 is 0 Å². The van der Waals surface area contributed by atoms with Gasteiger partial charge >= 0.3 is 0 Å².